The number of Topliss-reactive ketones (excluding diaryl/α,β-unsaturated/α-hetero) is 1. The fraction of sp³-hybridized carbons (Fsp3) is 0.429. The van der Waals surface area contributed by atoms with E-state index in [9.17, 15) is 19.2 Å². The minimum atomic E-state index is -0.731. The molecule has 1 heterocycles. The standard InChI is InChI=1S/C21H19NO5/c23-16(11-4-2-1-3-5-11)10-27-17(24)9-22-20(25)18-12-6-7-13(15-8-14(12)15)19(18)21(22)26/h1-7,12-15,18-19H,8-10H2/t12-,13-,14-,15+,18+,19-/m1/s1. The Hall–Kier alpha value is -2.76. The van der Waals surface area contributed by atoms with E-state index in [1.165, 1.54) is 0 Å². The normalized spacial score (nSPS) is 35.0. The van der Waals surface area contributed by atoms with Crippen LogP contribution in [0.25, 0.3) is 0 Å². The molecule has 6 atom stereocenters. The molecule has 2 saturated carbocycles. The number of imide groups is 1. The Morgan fingerprint density at radius 3 is 2.15 bits per heavy atom. The van der Waals surface area contributed by atoms with Crippen LogP contribution in [-0.2, 0) is 19.1 Å². The molecule has 2 amide bonds. The highest BCUT2D eigenvalue weighted by molar-refractivity contribution is 6.08. The van der Waals surface area contributed by atoms with Crippen LogP contribution in [0, 0.1) is 35.5 Å². The number of nitrogens with zero attached hydrogens (tertiary/aromatic N) is 1. The molecule has 6 nitrogen and oxygen atoms in total. The lowest BCUT2D eigenvalue weighted by molar-refractivity contribution is -0.152. The molecule has 4 aliphatic carbocycles. The maximum absolute atomic E-state index is 12.8. The molecule has 1 aliphatic heterocycles. The number of hydrogen-bond acceptors (Lipinski definition) is 5. The van der Waals surface area contributed by atoms with Gasteiger partial charge in [-0.3, -0.25) is 24.1 Å². The minimum absolute atomic E-state index is 0.127. The van der Waals surface area contributed by atoms with Crippen molar-refractivity contribution in [1.29, 1.82) is 0 Å². The second-order valence-electron chi connectivity index (χ2n) is 7.87. The molecular weight excluding hydrogens is 346 g/mol. The fourth-order valence-corrected chi connectivity index (χ4v) is 5.20. The summed E-state index contributed by atoms with van der Waals surface area (Å²) in [7, 11) is 0. The quantitative estimate of drug-likeness (QED) is 0.342. The van der Waals surface area contributed by atoms with Gasteiger partial charge < -0.3 is 4.74 Å². The highest BCUT2D eigenvalue weighted by atomic mass is 16.5. The van der Waals surface area contributed by atoms with Crippen molar-refractivity contribution < 1.29 is 23.9 Å². The van der Waals surface area contributed by atoms with E-state index in [1.807, 2.05) is 0 Å². The molecule has 0 N–H and O–H groups in total. The van der Waals surface area contributed by atoms with Gasteiger partial charge in [-0.05, 0) is 30.1 Å². The molecule has 1 aromatic rings. The fourth-order valence-electron chi connectivity index (χ4n) is 5.20. The SMILES string of the molecule is O=C(CN1C(=O)[C@@H]2[C@@H]3C=C[C@H]([C@H]4C[C@@H]34)[C@@H]2C1=O)OCC(=O)c1ccccc1. The number of benzene rings is 1. The molecule has 0 aromatic heterocycles. The molecule has 0 unspecified atom stereocenters. The van der Waals surface area contributed by atoms with Crippen molar-refractivity contribution in [2.45, 2.75) is 6.42 Å². The van der Waals surface area contributed by atoms with E-state index in [-0.39, 0.29) is 41.3 Å². The van der Waals surface area contributed by atoms with Crippen molar-refractivity contribution in [2.75, 3.05) is 13.2 Å². The van der Waals surface area contributed by atoms with Crippen molar-refractivity contribution in [3.8, 4) is 0 Å². The van der Waals surface area contributed by atoms with E-state index < -0.39 is 19.1 Å². The molecule has 1 saturated heterocycles. The Balaban J connectivity index is 1.23. The van der Waals surface area contributed by atoms with Gasteiger partial charge in [-0.25, -0.2) is 0 Å². The van der Waals surface area contributed by atoms with Crippen LogP contribution in [0.15, 0.2) is 42.5 Å². The Kier molecular flexibility index (Phi) is 3.57. The van der Waals surface area contributed by atoms with E-state index in [0.29, 0.717) is 17.4 Å². The largest absolute Gasteiger partial charge is 0.456 e. The molecule has 0 spiro atoms. The predicted molar refractivity (Wildman–Crippen MR) is 93.1 cm³/mol. The van der Waals surface area contributed by atoms with E-state index in [0.717, 1.165) is 11.3 Å². The summed E-state index contributed by atoms with van der Waals surface area (Å²) in [5.74, 6) is -0.928. The van der Waals surface area contributed by atoms with Crippen molar-refractivity contribution in [3.63, 3.8) is 0 Å². The number of hydrogen-bond donors (Lipinski definition) is 0. The average Bonchev–Trinajstić information content (AvgIpc) is 3.48. The highest BCUT2D eigenvalue weighted by Crippen LogP contribution is 2.65. The monoisotopic (exact) mass is 365 g/mol. The summed E-state index contributed by atoms with van der Waals surface area (Å²) in [6, 6.07) is 8.53. The van der Waals surface area contributed by atoms with E-state index >= 15 is 0 Å². The number of ether oxygens (including phenoxy) is 1. The lowest BCUT2D eigenvalue weighted by Gasteiger charge is -2.37. The zero-order valence-corrected chi connectivity index (χ0v) is 14.6. The van der Waals surface area contributed by atoms with Crippen LogP contribution >= 0.6 is 0 Å². The van der Waals surface area contributed by atoms with Gasteiger partial charge in [-0.1, -0.05) is 42.5 Å². The molecular formula is C21H19NO5. The van der Waals surface area contributed by atoms with Gasteiger partial charge in [0.25, 0.3) is 0 Å². The van der Waals surface area contributed by atoms with Gasteiger partial charge in [0.05, 0.1) is 11.8 Å². The first kappa shape index (κ1) is 16.4. The van der Waals surface area contributed by atoms with Gasteiger partial charge in [0.1, 0.15) is 6.54 Å². The second-order valence-corrected chi connectivity index (χ2v) is 7.87. The third-order valence-corrected chi connectivity index (χ3v) is 6.50. The molecule has 3 fully saturated rings. The number of esters is 1. The first-order valence-corrected chi connectivity index (χ1v) is 9.33. The second kappa shape index (κ2) is 5.87. The number of rotatable bonds is 5. The maximum Gasteiger partial charge on any atom is 0.326 e. The van der Waals surface area contributed by atoms with Crippen LogP contribution in [0.5, 0.6) is 0 Å². The van der Waals surface area contributed by atoms with E-state index in [4.69, 9.17) is 4.74 Å². The summed E-state index contributed by atoms with van der Waals surface area (Å²) in [5, 5.41) is 0. The number of ketones is 1. The van der Waals surface area contributed by atoms with Crippen molar-refractivity contribution in [3.05, 3.63) is 48.0 Å². The van der Waals surface area contributed by atoms with Crippen LogP contribution in [0.2, 0.25) is 0 Å². The number of carbonyl (C=O) groups is 4. The van der Waals surface area contributed by atoms with E-state index in [2.05, 4.69) is 12.2 Å². The summed E-state index contributed by atoms with van der Waals surface area (Å²) >= 11 is 0. The molecule has 27 heavy (non-hydrogen) atoms. The van der Waals surface area contributed by atoms with Gasteiger partial charge in [-0.15, -0.1) is 0 Å². The van der Waals surface area contributed by atoms with E-state index in [1.54, 1.807) is 30.3 Å². The summed E-state index contributed by atoms with van der Waals surface area (Å²) in [4.78, 5) is 50.8. The zero-order chi connectivity index (χ0) is 18.7. The number of likely N-dealkylation sites (tertiary alicyclic amines) is 1. The van der Waals surface area contributed by atoms with Crippen LogP contribution in [-0.4, -0.2) is 41.6 Å². The molecule has 6 heteroatoms. The van der Waals surface area contributed by atoms with Crippen molar-refractivity contribution in [2.24, 2.45) is 35.5 Å². The molecule has 6 rings (SSSR count). The summed E-state index contributed by atoms with van der Waals surface area (Å²) in [6.45, 7) is -0.815. The lowest BCUT2D eigenvalue weighted by Crippen LogP contribution is -2.40. The molecule has 2 bridgehead atoms. The lowest BCUT2D eigenvalue weighted by atomic mass is 9.63. The molecule has 5 aliphatic rings. The number of allylic oxidation sites excluding steroid dienone is 2. The van der Waals surface area contributed by atoms with Crippen LogP contribution < -0.4 is 0 Å². The number of amides is 2. The molecule has 1 aromatic carbocycles. The smallest absolute Gasteiger partial charge is 0.326 e. The number of carbonyl (C=O) groups excluding carboxylic acids is 4. The van der Waals surface area contributed by atoms with Gasteiger partial charge in [-0.2, -0.15) is 0 Å². The Morgan fingerprint density at radius 1 is 0.963 bits per heavy atom. The van der Waals surface area contributed by atoms with Gasteiger partial charge >= 0.3 is 5.97 Å². The zero-order valence-electron chi connectivity index (χ0n) is 14.6. The van der Waals surface area contributed by atoms with Crippen LogP contribution in [0.4, 0.5) is 0 Å². The minimum Gasteiger partial charge on any atom is -0.456 e. The van der Waals surface area contributed by atoms with Crippen molar-refractivity contribution in [1.82, 2.24) is 4.90 Å². The summed E-state index contributed by atoms with van der Waals surface area (Å²) < 4.78 is 5.02. The summed E-state index contributed by atoms with van der Waals surface area (Å²) in [5.41, 5.74) is 0.450. The Labute approximate surface area is 156 Å². The van der Waals surface area contributed by atoms with Gasteiger partial charge in [0.2, 0.25) is 11.8 Å². The third kappa shape index (κ3) is 2.46. The van der Waals surface area contributed by atoms with Gasteiger partial charge in [0.15, 0.2) is 12.4 Å². The summed E-state index contributed by atoms with van der Waals surface area (Å²) in [6.07, 6.45) is 5.27. The molecule has 138 valence electrons. The topological polar surface area (TPSA) is 80.8 Å². The highest BCUT2D eigenvalue weighted by Gasteiger charge is 2.67. The van der Waals surface area contributed by atoms with Crippen molar-refractivity contribution >= 4 is 23.6 Å². The first-order valence-electron chi connectivity index (χ1n) is 9.33. The average molecular weight is 365 g/mol. The Bertz CT molecular complexity index is 840. The third-order valence-electron chi connectivity index (χ3n) is 6.50. The maximum atomic E-state index is 12.8. The van der Waals surface area contributed by atoms with Gasteiger partial charge in [0, 0.05) is 5.56 Å². The predicted octanol–water partition coefficient (Wildman–Crippen LogP) is 1.47. The first-order chi connectivity index (χ1) is 13.1. The van der Waals surface area contributed by atoms with Crippen LogP contribution in [0.3, 0.4) is 0 Å². The van der Waals surface area contributed by atoms with Crippen LogP contribution in [0.1, 0.15) is 16.8 Å². The molecule has 0 radical (unpaired) electrons. The Morgan fingerprint density at radius 2 is 1.56 bits per heavy atom.